The van der Waals surface area contributed by atoms with Gasteiger partial charge in [-0.3, -0.25) is 4.90 Å². The van der Waals surface area contributed by atoms with Gasteiger partial charge in [0.05, 0.1) is 21.0 Å². The molecule has 4 nitrogen and oxygen atoms in total. The van der Waals surface area contributed by atoms with Crippen molar-refractivity contribution in [1.82, 2.24) is 4.90 Å². The fourth-order valence-corrected chi connectivity index (χ4v) is 1.89. The molecule has 0 aliphatic rings. The molecule has 0 saturated heterocycles. The molecule has 0 aromatic heterocycles. The molecule has 0 fully saturated rings. The Balaban J connectivity index is 2.76. The van der Waals surface area contributed by atoms with Gasteiger partial charge >= 0.3 is 0 Å². The summed E-state index contributed by atoms with van der Waals surface area (Å²) < 4.78 is 15.7. The molecule has 102 valence electrons. The molecule has 0 aliphatic heterocycles. The summed E-state index contributed by atoms with van der Waals surface area (Å²) in [5, 5.41) is 0. The SMILES string of the molecule is COCN(C)CCc1cc(OC)c(OC)cc1C. The molecule has 1 aromatic rings. The lowest BCUT2D eigenvalue weighted by Crippen LogP contribution is -2.23. The minimum Gasteiger partial charge on any atom is -0.493 e. The van der Waals surface area contributed by atoms with Crippen molar-refractivity contribution in [2.75, 3.05) is 41.7 Å². The molecule has 0 unspecified atom stereocenters. The zero-order valence-electron chi connectivity index (χ0n) is 11.9. The molecule has 0 spiro atoms. The summed E-state index contributed by atoms with van der Waals surface area (Å²) in [5.41, 5.74) is 2.49. The highest BCUT2D eigenvalue weighted by atomic mass is 16.5. The number of nitrogens with zero attached hydrogens (tertiary/aromatic N) is 1. The van der Waals surface area contributed by atoms with Gasteiger partial charge in [-0.15, -0.1) is 0 Å². The van der Waals surface area contributed by atoms with Crippen LogP contribution in [0.25, 0.3) is 0 Å². The molecule has 0 radical (unpaired) electrons. The van der Waals surface area contributed by atoms with E-state index in [9.17, 15) is 0 Å². The van der Waals surface area contributed by atoms with Crippen molar-refractivity contribution in [1.29, 1.82) is 0 Å². The van der Waals surface area contributed by atoms with E-state index in [0.717, 1.165) is 24.5 Å². The average Bonchev–Trinajstić information content (AvgIpc) is 2.37. The van der Waals surface area contributed by atoms with Crippen LogP contribution in [0.4, 0.5) is 0 Å². The smallest absolute Gasteiger partial charge is 0.161 e. The minimum atomic E-state index is 0.645. The Morgan fingerprint density at radius 1 is 1.06 bits per heavy atom. The van der Waals surface area contributed by atoms with Crippen LogP contribution in [0.1, 0.15) is 11.1 Å². The summed E-state index contributed by atoms with van der Waals surface area (Å²) in [6.07, 6.45) is 0.964. The van der Waals surface area contributed by atoms with Crippen LogP contribution in [-0.4, -0.2) is 46.6 Å². The fraction of sp³-hybridized carbons (Fsp3) is 0.571. The third kappa shape index (κ3) is 3.89. The molecule has 18 heavy (non-hydrogen) atoms. The van der Waals surface area contributed by atoms with Gasteiger partial charge < -0.3 is 14.2 Å². The van der Waals surface area contributed by atoms with Crippen molar-refractivity contribution < 1.29 is 14.2 Å². The number of hydrogen-bond acceptors (Lipinski definition) is 4. The van der Waals surface area contributed by atoms with Crippen molar-refractivity contribution in [3.05, 3.63) is 23.3 Å². The van der Waals surface area contributed by atoms with E-state index in [1.165, 1.54) is 11.1 Å². The molecular formula is C14H23NO3. The third-order valence-corrected chi connectivity index (χ3v) is 2.95. The first-order valence-electron chi connectivity index (χ1n) is 6.01. The van der Waals surface area contributed by atoms with Crippen LogP contribution >= 0.6 is 0 Å². The van der Waals surface area contributed by atoms with Crippen molar-refractivity contribution in [3.63, 3.8) is 0 Å². The summed E-state index contributed by atoms with van der Waals surface area (Å²) in [5.74, 6) is 1.57. The molecule has 0 N–H and O–H groups in total. The Hall–Kier alpha value is -1.26. The van der Waals surface area contributed by atoms with E-state index in [1.807, 2.05) is 13.1 Å². The molecule has 0 atom stereocenters. The van der Waals surface area contributed by atoms with Gasteiger partial charge in [-0.2, -0.15) is 0 Å². The first kappa shape index (κ1) is 14.8. The van der Waals surface area contributed by atoms with Crippen LogP contribution in [0, 0.1) is 6.92 Å². The molecule has 0 saturated carbocycles. The quantitative estimate of drug-likeness (QED) is 0.696. The Morgan fingerprint density at radius 2 is 1.67 bits per heavy atom. The molecular weight excluding hydrogens is 230 g/mol. The standard InChI is InChI=1S/C14H23NO3/c1-11-8-13(17-4)14(18-5)9-12(11)6-7-15(2)10-16-3/h8-9H,6-7,10H2,1-5H3. The van der Waals surface area contributed by atoms with Gasteiger partial charge in [0, 0.05) is 13.7 Å². The highest BCUT2D eigenvalue weighted by Crippen LogP contribution is 2.30. The van der Waals surface area contributed by atoms with E-state index in [1.54, 1.807) is 21.3 Å². The largest absolute Gasteiger partial charge is 0.493 e. The summed E-state index contributed by atoms with van der Waals surface area (Å²) in [6.45, 7) is 3.68. The third-order valence-electron chi connectivity index (χ3n) is 2.95. The second-order valence-electron chi connectivity index (χ2n) is 4.38. The number of hydrogen-bond donors (Lipinski definition) is 0. The predicted octanol–water partition coefficient (Wildman–Crippen LogP) is 2.09. The van der Waals surface area contributed by atoms with Crippen LogP contribution in [-0.2, 0) is 11.2 Å². The van der Waals surface area contributed by atoms with E-state index < -0.39 is 0 Å². The summed E-state index contributed by atoms with van der Waals surface area (Å²) in [7, 11) is 7.06. The van der Waals surface area contributed by atoms with Crippen molar-refractivity contribution in [3.8, 4) is 11.5 Å². The topological polar surface area (TPSA) is 30.9 Å². The van der Waals surface area contributed by atoms with E-state index in [0.29, 0.717) is 6.73 Å². The van der Waals surface area contributed by atoms with Crippen molar-refractivity contribution >= 4 is 0 Å². The Morgan fingerprint density at radius 3 is 2.22 bits per heavy atom. The molecule has 1 aromatic carbocycles. The van der Waals surface area contributed by atoms with Crippen LogP contribution in [0.2, 0.25) is 0 Å². The zero-order chi connectivity index (χ0) is 13.5. The zero-order valence-corrected chi connectivity index (χ0v) is 11.9. The fourth-order valence-electron chi connectivity index (χ4n) is 1.89. The van der Waals surface area contributed by atoms with Crippen molar-refractivity contribution in [2.45, 2.75) is 13.3 Å². The molecule has 0 bridgehead atoms. The molecule has 0 heterocycles. The Labute approximate surface area is 109 Å². The van der Waals surface area contributed by atoms with Gasteiger partial charge in [-0.1, -0.05) is 0 Å². The number of likely N-dealkylation sites (N-methyl/N-ethyl adjacent to an activating group) is 1. The van der Waals surface area contributed by atoms with E-state index in [-0.39, 0.29) is 0 Å². The second kappa shape index (κ2) is 7.24. The van der Waals surface area contributed by atoms with Gasteiger partial charge in [0.1, 0.15) is 0 Å². The lowest BCUT2D eigenvalue weighted by molar-refractivity contribution is 0.0827. The van der Waals surface area contributed by atoms with Gasteiger partial charge in [-0.05, 0) is 43.7 Å². The number of ether oxygens (including phenoxy) is 3. The summed E-state index contributed by atoms with van der Waals surface area (Å²) >= 11 is 0. The molecule has 1 rings (SSSR count). The van der Waals surface area contributed by atoms with Crippen molar-refractivity contribution in [2.24, 2.45) is 0 Å². The van der Waals surface area contributed by atoms with Crippen LogP contribution in [0.15, 0.2) is 12.1 Å². The Kier molecular flexibility index (Phi) is 5.95. The molecule has 0 aliphatic carbocycles. The number of benzene rings is 1. The van der Waals surface area contributed by atoms with Crippen LogP contribution < -0.4 is 9.47 Å². The van der Waals surface area contributed by atoms with Gasteiger partial charge in [0.15, 0.2) is 11.5 Å². The molecule has 0 amide bonds. The normalized spacial score (nSPS) is 10.8. The maximum absolute atomic E-state index is 5.32. The van der Waals surface area contributed by atoms with Crippen LogP contribution in [0.5, 0.6) is 11.5 Å². The van der Waals surface area contributed by atoms with E-state index in [2.05, 4.69) is 17.9 Å². The first-order valence-corrected chi connectivity index (χ1v) is 6.01. The lowest BCUT2D eigenvalue weighted by atomic mass is 10.0. The second-order valence-corrected chi connectivity index (χ2v) is 4.38. The van der Waals surface area contributed by atoms with E-state index >= 15 is 0 Å². The summed E-state index contributed by atoms with van der Waals surface area (Å²) in [4.78, 5) is 2.14. The lowest BCUT2D eigenvalue weighted by Gasteiger charge is -2.17. The van der Waals surface area contributed by atoms with E-state index in [4.69, 9.17) is 14.2 Å². The number of methoxy groups -OCH3 is 3. The van der Waals surface area contributed by atoms with Gasteiger partial charge in [0.25, 0.3) is 0 Å². The van der Waals surface area contributed by atoms with Gasteiger partial charge in [0.2, 0.25) is 0 Å². The Bertz CT molecular complexity index is 380. The number of rotatable bonds is 7. The highest BCUT2D eigenvalue weighted by molar-refractivity contribution is 5.47. The maximum atomic E-state index is 5.32. The highest BCUT2D eigenvalue weighted by Gasteiger charge is 2.09. The average molecular weight is 253 g/mol. The molecule has 4 heteroatoms. The predicted molar refractivity (Wildman–Crippen MR) is 72.5 cm³/mol. The monoisotopic (exact) mass is 253 g/mol. The van der Waals surface area contributed by atoms with Gasteiger partial charge in [-0.25, -0.2) is 0 Å². The first-order chi connectivity index (χ1) is 8.62. The minimum absolute atomic E-state index is 0.645. The van der Waals surface area contributed by atoms with Crippen LogP contribution in [0.3, 0.4) is 0 Å². The number of aryl methyl sites for hydroxylation is 1. The summed E-state index contributed by atoms with van der Waals surface area (Å²) in [6, 6.07) is 4.07. The maximum Gasteiger partial charge on any atom is 0.161 e.